The Balaban J connectivity index is 1.37. The summed E-state index contributed by atoms with van der Waals surface area (Å²) in [5.41, 5.74) is 3.67. The number of hydrogen-bond donors (Lipinski definition) is 2. The van der Waals surface area contributed by atoms with Crippen molar-refractivity contribution in [3.05, 3.63) is 87.6 Å². The summed E-state index contributed by atoms with van der Waals surface area (Å²) in [6.07, 6.45) is 2.21. The molecule has 1 saturated heterocycles. The molecule has 10 heteroatoms. The minimum Gasteiger partial charge on any atom is -0.378 e. The van der Waals surface area contributed by atoms with Crippen LogP contribution >= 0.6 is 0 Å². The van der Waals surface area contributed by atoms with Crippen molar-refractivity contribution in [2.24, 2.45) is 0 Å². The summed E-state index contributed by atoms with van der Waals surface area (Å²) in [6.45, 7) is 2.27. The van der Waals surface area contributed by atoms with E-state index in [-0.39, 0.29) is 11.6 Å². The topological polar surface area (TPSA) is 126 Å². The molecule has 34 heavy (non-hydrogen) atoms. The first-order valence-corrected chi connectivity index (χ1v) is 10.9. The van der Waals surface area contributed by atoms with Gasteiger partial charge in [-0.15, -0.1) is 0 Å². The number of carbonyl (C=O) groups is 1. The Morgan fingerprint density at radius 1 is 1.12 bits per heavy atom. The zero-order chi connectivity index (χ0) is 23.5. The minimum absolute atomic E-state index is 0.0256. The van der Waals surface area contributed by atoms with Crippen LogP contribution in [-0.4, -0.2) is 57.2 Å². The van der Waals surface area contributed by atoms with Gasteiger partial charge in [0, 0.05) is 42.7 Å². The van der Waals surface area contributed by atoms with E-state index >= 15 is 0 Å². The van der Waals surface area contributed by atoms with Crippen LogP contribution in [0.15, 0.2) is 60.8 Å². The molecule has 0 radical (unpaired) electrons. The third-order valence-corrected chi connectivity index (χ3v) is 5.67. The number of fused-ring (bicyclic) bond motifs is 1. The normalized spacial score (nSPS) is 13.7. The van der Waals surface area contributed by atoms with Crippen LogP contribution in [0.2, 0.25) is 0 Å². The van der Waals surface area contributed by atoms with E-state index in [1.165, 1.54) is 6.07 Å². The number of amides is 1. The molecular weight excluding hydrogens is 436 g/mol. The number of nitro benzene ring substituents is 1. The molecule has 3 heterocycles. The number of H-pyrrole nitrogens is 1. The van der Waals surface area contributed by atoms with Crippen LogP contribution in [0.3, 0.4) is 0 Å². The highest BCUT2D eigenvalue weighted by atomic mass is 16.6. The summed E-state index contributed by atoms with van der Waals surface area (Å²) < 4.78 is 5.33. The van der Waals surface area contributed by atoms with Crippen LogP contribution in [0, 0.1) is 10.1 Å². The average molecular weight is 458 g/mol. The highest BCUT2D eigenvalue weighted by molar-refractivity contribution is 5.96. The lowest BCUT2D eigenvalue weighted by Gasteiger charge is -2.27. The molecule has 0 spiro atoms. The number of pyridine rings is 1. The van der Waals surface area contributed by atoms with Crippen molar-refractivity contribution in [3.63, 3.8) is 0 Å². The van der Waals surface area contributed by atoms with Crippen molar-refractivity contribution in [1.29, 1.82) is 0 Å². The van der Waals surface area contributed by atoms with E-state index < -0.39 is 4.92 Å². The Morgan fingerprint density at radius 2 is 1.94 bits per heavy atom. The standard InChI is InChI=1S/C24H22N6O4/c31-24(29-7-9-34-10-8-29)18-4-2-5-19(14-18)26-23-21-13-17(15-25-22(21)27-28-23)11-16-3-1-6-20(12-16)30(32)33/h1-6,12-15H,7-11H2,(H2,25,26,27,28). The Morgan fingerprint density at radius 3 is 2.76 bits per heavy atom. The maximum absolute atomic E-state index is 12.8. The lowest BCUT2D eigenvalue weighted by atomic mass is 10.1. The van der Waals surface area contributed by atoms with Gasteiger partial charge in [0.05, 0.1) is 23.5 Å². The summed E-state index contributed by atoms with van der Waals surface area (Å²) in [5.74, 6) is 0.627. The molecule has 0 saturated carbocycles. The number of hydrogen-bond acceptors (Lipinski definition) is 7. The number of rotatable bonds is 6. The van der Waals surface area contributed by atoms with E-state index in [1.54, 1.807) is 29.3 Å². The van der Waals surface area contributed by atoms with Crippen molar-refractivity contribution >= 4 is 34.1 Å². The van der Waals surface area contributed by atoms with E-state index in [2.05, 4.69) is 20.5 Å². The second-order valence-electron chi connectivity index (χ2n) is 8.03. The van der Waals surface area contributed by atoms with Crippen molar-refractivity contribution < 1.29 is 14.5 Å². The number of nitro groups is 1. The maximum Gasteiger partial charge on any atom is 0.269 e. The first-order chi connectivity index (χ1) is 16.6. The van der Waals surface area contributed by atoms with Gasteiger partial charge in [0.15, 0.2) is 5.65 Å². The van der Waals surface area contributed by atoms with Crippen LogP contribution in [-0.2, 0) is 11.2 Å². The molecule has 0 bridgehead atoms. The van der Waals surface area contributed by atoms with Gasteiger partial charge in [0.2, 0.25) is 0 Å². The van der Waals surface area contributed by atoms with Crippen LogP contribution in [0.1, 0.15) is 21.5 Å². The molecular formula is C24H22N6O4. The minimum atomic E-state index is -0.402. The highest BCUT2D eigenvalue weighted by Gasteiger charge is 2.19. The third-order valence-electron chi connectivity index (χ3n) is 5.67. The van der Waals surface area contributed by atoms with Gasteiger partial charge in [0.25, 0.3) is 11.6 Å². The lowest BCUT2D eigenvalue weighted by molar-refractivity contribution is -0.384. The zero-order valence-electron chi connectivity index (χ0n) is 18.2. The van der Waals surface area contributed by atoms with E-state index in [4.69, 9.17) is 4.74 Å². The van der Waals surface area contributed by atoms with Gasteiger partial charge in [-0.05, 0) is 41.8 Å². The fourth-order valence-corrected chi connectivity index (χ4v) is 3.97. The molecule has 2 aromatic carbocycles. The predicted octanol–water partition coefficient (Wildman–Crippen LogP) is 3.67. The molecule has 1 amide bonds. The highest BCUT2D eigenvalue weighted by Crippen LogP contribution is 2.26. The fraction of sp³-hybridized carbons (Fsp3) is 0.208. The predicted molar refractivity (Wildman–Crippen MR) is 126 cm³/mol. The molecule has 1 aliphatic rings. The SMILES string of the molecule is O=C(c1cccc(Nc2[nH]nc3ncc(Cc4cccc([N+](=O)[O-])c4)cc23)c1)N1CCOCC1. The second kappa shape index (κ2) is 9.28. The van der Waals surface area contributed by atoms with E-state index in [0.29, 0.717) is 49.8 Å². The lowest BCUT2D eigenvalue weighted by Crippen LogP contribution is -2.40. The molecule has 0 atom stereocenters. The molecule has 1 aliphatic heterocycles. The number of carbonyl (C=O) groups excluding carboxylic acids is 1. The average Bonchev–Trinajstić information content (AvgIpc) is 3.26. The van der Waals surface area contributed by atoms with Gasteiger partial charge in [-0.25, -0.2) is 4.98 Å². The van der Waals surface area contributed by atoms with Crippen LogP contribution < -0.4 is 5.32 Å². The summed E-state index contributed by atoms with van der Waals surface area (Å²) >= 11 is 0. The number of benzene rings is 2. The quantitative estimate of drug-likeness (QED) is 0.333. The Kier molecular flexibility index (Phi) is 5.88. The number of non-ortho nitro benzene ring substituents is 1. The number of aromatic amines is 1. The Bertz CT molecular complexity index is 1360. The smallest absolute Gasteiger partial charge is 0.269 e. The van der Waals surface area contributed by atoms with Gasteiger partial charge in [-0.1, -0.05) is 18.2 Å². The largest absolute Gasteiger partial charge is 0.378 e. The molecule has 4 aromatic rings. The molecule has 172 valence electrons. The summed E-state index contributed by atoms with van der Waals surface area (Å²) in [5, 5.41) is 22.4. The molecule has 5 rings (SSSR count). The van der Waals surface area contributed by atoms with E-state index in [1.807, 2.05) is 30.3 Å². The van der Waals surface area contributed by atoms with Gasteiger partial charge in [0.1, 0.15) is 5.82 Å². The third kappa shape index (κ3) is 4.57. The summed E-state index contributed by atoms with van der Waals surface area (Å²) in [4.78, 5) is 29.7. The van der Waals surface area contributed by atoms with Crippen molar-refractivity contribution in [2.75, 3.05) is 31.6 Å². The zero-order valence-corrected chi connectivity index (χ0v) is 18.2. The van der Waals surface area contributed by atoms with Crippen molar-refractivity contribution in [2.45, 2.75) is 6.42 Å². The number of ether oxygens (including phenoxy) is 1. The Hall–Kier alpha value is -4.31. The van der Waals surface area contributed by atoms with E-state index in [9.17, 15) is 14.9 Å². The molecule has 10 nitrogen and oxygen atoms in total. The second-order valence-corrected chi connectivity index (χ2v) is 8.03. The van der Waals surface area contributed by atoms with Crippen molar-refractivity contribution in [1.82, 2.24) is 20.1 Å². The number of morpholine rings is 1. The van der Waals surface area contributed by atoms with Gasteiger partial charge in [-0.3, -0.25) is 20.0 Å². The first kappa shape index (κ1) is 21.5. The van der Waals surface area contributed by atoms with E-state index in [0.717, 1.165) is 22.2 Å². The maximum atomic E-state index is 12.8. The molecule has 2 N–H and O–H groups in total. The van der Waals surface area contributed by atoms with Crippen LogP contribution in [0.4, 0.5) is 17.2 Å². The Labute approximate surface area is 194 Å². The number of nitrogens with one attached hydrogen (secondary N) is 2. The summed E-state index contributed by atoms with van der Waals surface area (Å²) in [6, 6.07) is 15.8. The molecule has 0 unspecified atom stereocenters. The monoisotopic (exact) mass is 458 g/mol. The fourth-order valence-electron chi connectivity index (χ4n) is 3.97. The summed E-state index contributed by atoms with van der Waals surface area (Å²) in [7, 11) is 0. The van der Waals surface area contributed by atoms with Crippen LogP contribution in [0.5, 0.6) is 0 Å². The van der Waals surface area contributed by atoms with Gasteiger partial charge in [-0.2, -0.15) is 5.10 Å². The molecule has 1 fully saturated rings. The number of anilines is 2. The van der Waals surface area contributed by atoms with Gasteiger partial charge < -0.3 is 15.0 Å². The number of aromatic nitrogens is 3. The first-order valence-electron chi connectivity index (χ1n) is 10.9. The molecule has 0 aliphatic carbocycles. The number of nitrogens with zero attached hydrogens (tertiary/aromatic N) is 4. The van der Waals surface area contributed by atoms with Gasteiger partial charge >= 0.3 is 0 Å². The van der Waals surface area contributed by atoms with Crippen molar-refractivity contribution in [3.8, 4) is 0 Å². The van der Waals surface area contributed by atoms with Crippen LogP contribution in [0.25, 0.3) is 11.0 Å². The molecule has 2 aromatic heterocycles.